The molecule has 0 saturated heterocycles. The number of fused-ring (bicyclic) bond motifs is 1. The third kappa shape index (κ3) is 3.37. The minimum Gasteiger partial charge on any atom is -0.253 e. The van der Waals surface area contributed by atoms with Crippen LogP contribution in [-0.2, 0) is 18.7 Å². The van der Waals surface area contributed by atoms with Gasteiger partial charge in [0.2, 0.25) is 0 Å². The molecule has 0 atom stereocenters. The normalized spacial score (nSPS) is 11.0. The maximum absolute atomic E-state index is 6.33. The lowest BCUT2D eigenvalue weighted by molar-refractivity contribution is 0.922. The molecule has 1 heterocycles. The van der Waals surface area contributed by atoms with E-state index in [0.29, 0.717) is 5.88 Å². The van der Waals surface area contributed by atoms with Crippen molar-refractivity contribution in [3.8, 4) is 0 Å². The minimum absolute atomic E-state index is 0.558. The van der Waals surface area contributed by atoms with Crippen LogP contribution in [0.15, 0.2) is 54.6 Å². The molecule has 21 heavy (non-hydrogen) atoms. The lowest BCUT2D eigenvalue weighted by atomic mass is 10.1. The number of benzene rings is 2. The molecule has 3 heteroatoms. The van der Waals surface area contributed by atoms with E-state index in [-0.39, 0.29) is 0 Å². The fourth-order valence-corrected chi connectivity index (χ4v) is 2.84. The van der Waals surface area contributed by atoms with Crippen molar-refractivity contribution in [1.82, 2.24) is 4.98 Å². The molecular formula is C18H15Cl2N. The average Bonchev–Trinajstić information content (AvgIpc) is 2.53. The van der Waals surface area contributed by atoms with Gasteiger partial charge in [0.15, 0.2) is 0 Å². The van der Waals surface area contributed by atoms with Crippen LogP contribution >= 0.6 is 23.2 Å². The second kappa shape index (κ2) is 6.46. The molecule has 106 valence electrons. The van der Waals surface area contributed by atoms with Crippen LogP contribution in [0.1, 0.15) is 16.8 Å². The Bertz CT molecular complexity index is 751. The fraction of sp³-hybridized carbons (Fsp3) is 0.167. The Kier molecular flexibility index (Phi) is 4.42. The maximum atomic E-state index is 6.33. The number of halogens is 2. The smallest absolute Gasteiger partial charge is 0.0720 e. The zero-order valence-electron chi connectivity index (χ0n) is 11.5. The van der Waals surface area contributed by atoms with E-state index in [4.69, 9.17) is 23.2 Å². The van der Waals surface area contributed by atoms with Crippen LogP contribution < -0.4 is 0 Å². The van der Waals surface area contributed by atoms with Crippen molar-refractivity contribution in [3.05, 3.63) is 76.4 Å². The Balaban J connectivity index is 1.78. The van der Waals surface area contributed by atoms with Crippen LogP contribution in [-0.4, -0.2) is 4.98 Å². The first-order valence-corrected chi connectivity index (χ1v) is 7.85. The molecule has 0 radical (unpaired) electrons. The Labute approximate surface area is 134 Å². The van der Waals surface area contributed by atoms with Gasteiger partial charge in [-0.1, -0.05) is 54.1 Å². The monoisotopic (exact) mass is 315 g/mol. The highest BCUT2D eigenvalue weighted by molar-refractivity contribution is 6.35. The molecule has 2 aromatic carbocycles. The summed E-state index contributed by atoms with van der Waals surface area (Å²) in [5.74, 6) is 0.558. The third-order valence-electron chi connectivity index (χ3n) is 3.57. The van der Waals surface area contributed by atoms with Gasteiger partial charge in [-0.25, -0.2) is 0 Å². The van der Waals surface area contributed by atoms with Gasteiger partial charge >= 0.3 is 0 Å². The Morgan fingerprint density at radius 2 is 1.57 bits per heavy atom. The summed E-state index contributed by atoms with van der Waals surface area (Å²) < 4.78 is 0. The van der Waals surface area contributed by atoms with E-state index in [9.17, 15) is 0 Å². The van der Waals surface area contributed by atoms with E-state index in [1.165, 1.54) is 5.56 Å². The zero-order chi connectivity index (χ0) is 14.7. The van der Waals surface area contributed by atoms with Crippen molar-refractivity contribution in [2.75, 3.05) is 0 Å². The van der Waals surface area contributed by atoms with Crippen LogP contribution in [0, 0.1) is 0 Å². The Morgan fingerprint density at radius 3 is 2.33 bits per heavy atom. The second-order valence-corrected chi connectivity index (χ2v) is 5.74. The molecule has 0 aliphatic heterocycles. The first kappa shape index (κ1) is 14.4. The quantitative estimate of drug-likeness (QED) is 0.586. The first-order valence-electron chi connectivity index (χ1n) is 6.94. The van der Waals surface area contributed by atoms with Crippen molar-refractivity contribution in [3.63, 3.8) is 0 Å². The molecular weight excluding hydrogens is 301 g/mol. The predicted molar refractivity (Wildman–Crippen MR) is 90.2 cm³/mol. The number of hydrogen-bond acceptors (Lipinski definition) is 1. The minimum atomic E-state index is 0.558. The predicted octanol–water partition coefficient (Wildman–Crippen LogP) is 5.41. The van der Waals surface area contributed by atoms with Gasteiger partial charge in [-0.15, -0.1) is 11.6 Å². The fourth-order valence-electron chi connectivity index (χ4n) is 2.38. The summed E-state index contributed by atoms with van der Waals surface area (Å²) in [6.07, 6.45) is 1.83. The van der Waals surface area contributed by atoms with Crippen LogP contribution in [0.4, 0.5) is 0 Å². The molecule has 1 nitrogen and oxygen atoms in total. The van der Waals surface area contributed by atoms with Crippen LogP contribution in [0.3, 0.4) is 0 Å². The molecule has 0 bridgehead atoms. The average molecular weight is 316 g/mol. The molecule has 1 aromatic heterocycles. The zero-order valence-corrected chi connectivity index (χ0v) is 13.0. The summed E-state index contributed by atoms with van der Waals surface area (Å²) in [7, 11) is 0. The summed E-state index contributed by atoms with van der Waals surface area (Å²) in [5, 5.41) is 1.78. The number of nitrogens with zero attached hydrogens (tertiary/aromatic N) is 1. The van der Waals surface area contributed by atoms with Crippen LogP contribution in [0.2, 0.25) is 5.02 Å². The topological polar surface area (TPSA) is 12.9 Å². The summed E-state index contributed by atoms with van der Waals surface area (Å²) in [4.78, 5) is 4.68. The van der Waals surface area contributed by atoms with Crippen molar-refractivity contribution in [2.24, 2.45) is 0 Å². The lowest BCUT2D eigenvalue weighted by Gasteiger charge is -2.06. The lowest BCUT2D eigenvalue weighted by Crippen LogP contribution is -1.96. The largest absolute Gasteiger partial charge is 0.253 e. The SMILES string of the molecule is ClCc1ccc(CCc2cc(Cl)c3ccccc3n2)cc1. The van der Waals surface area contributed by atoms with Gasteiger partial charge in [0, 0.05) is 17.0 Å². The van der Waals surface area contributed by atoms with Gasteiger partial charge in [0.25, 0.3) is 0 Å². The van der Waals surface area contributed by atoms with Gasteiger partial charge < -0.3 is 0 Å². The molecule has 0 saturated carbocycles. The van der Waals surface area contributed by atoms with E-state index in [2.05, 4.69) is 29.2 Å². The molecule has 0 amide bonds. The number of pyridine rings is 1. The molecule has 0 fully saturated rings. The molecule has 0 aliphatic rings. The van der Waals surface area contributed by atoms with Crippen molar-refractivity contribution >= 4 is 34.1 Å². The molecule has 3 aromatic rings. The van der Waals surface area contributed by atoms with Crippen molar-refractivity contribution in [2.45, 2.75) is 18.7 Å². The van der Waals surface area contributed by atoms with E-state index in [1.807, 2.05) is 30.3 Å². The van der Waals surface area contributed by atoms with Crippen LogP contribution in [0.5, 0.6) is 0 Å². The summed E-state index contributed by atoms with van der Waals surface area (Å²) in [6, 6.07) is 18.3. The Hall–Kier alpha value is -1.57. The summed E-state index contributed by atoms with van der Waals surface area (Å²) in [6.45, 7) is 0. The highest BCUT2D eigenvalue weighted by Gasteiger charge is 2.04. The standard InChI is InChI=1S/C18H15Cl2N/c19-12-14-7-5-13(6-8-14)9-10-15-11-17(20)16-3-1-2-4-18(16)21-15/h1-8,11H,9-10,12H2. The molecule has 0 spiro atoms. The molecule has 0 unspecified atom stereocenters. The molecule has 3 rings (SSSR count). The number of aromatic nitrogens is 1. The third-order valence-corrected chi connectivity index (χ3v) is 4.19. The Morgan fingerprint density at radius 1 is 0.857 bits per heavy atom. The van der Waals surface area contributed by atoms with Gasteiger partial charge in [-0.2, -0.15) is 0 Å². The summed E-state index contributed by atoms with van der Waals surface area (Å²) >= 11 is 12.1. The van der Waals surface area contributed by atoms with Gasteiger partial charge in [-0.3, -0.25) is 4.98 Å². The van der Waals surface area contributed by atoms with Crippen LogP contribution in [0.25, 0.3) is 10.9 Å². The summed E-state index contributed by atoms with van der Waals surface area (Å²) in [5.41, 5.74) is 4.42. The van der Waals surface area contributed by atoms with Crippen molar-refractivity contribution < 1.29 is 0 Å². The van der Waals surface area contributed by atoms with E-state index >= 15 is 0 Å². The maximum Gasteiger partial charge on any atom is 0.0720 e. The molecule has 0 N–H and O–H groups in total. The van der Waals surface area contributed by atoms with Gasteiger partial charge in [-0.05, 0) is 36.1 Å². The highest BCUT2D eigenvalue weighted by atomic mass is 35.5. The molecule has 0 aliphatic carbocycles. The number of alkyl halides is 1. The van der Waals surface area contributed by atoms with Gasteiger partial charge in [0.05, 0.1) is 10.5 Å². The number of hydrogen-bond donors (Lipinski definition) is 0. The van der Waals surface area contributed by atoms with Gasteiger partial charge in [0.1, 0.15) is 0 Å². The van der Waals surface area contributed by atoms with E-state index in [1.54, 1.807) is 0 Å². The van der Waals surface area contributed by atoms with Crippen molar-refractivity contribution in [1.29, 1.82) is 0 Å². The van der Waals surface area contributed by atoms with E-state index in [0.717, 1.165) is 40.0 Å². The number of para-hydroxylation sites is 1. The second-order valence-electron chi connectivity index (χ2n) is 5.06. The number of aryl methyl sites for hydroxylation is 2. The highest BCUT2D eigenvalue weighted by Crippen LogP contribution is 2.23. The first-order chi connectivity index (χ1) is 10.3. The van der Waals surface area contributed by atoms with E-state index < -0.39 is 0 Å². The number of rotatable bonds is 4.